The first kappa shape index (κ1) is 20.7. The molecule has 3 nitrogen and oxygen atoms in total. The lowest BCUT2D eigenvalue weighted by molar-refractivity contribution is -0.120. The number of nitrogens with zero attached hydrogens (tertiary/aromatic N) is 1. The van der Waals surface area contributed by atoms with E-state index in [1.807, 2.05) is 30.5 Å². The lowest BCUT2D eigenvalue weighted by Gasteiger charge is -2.32. The van der Waals surface area contributed by atoms with Crippen LogP contribution in [0.3, 0.4) is 0 Å². The third kappa shape index (κ3) is 4.83. The minimum Gasteiger partial charge on any atom is -0.497 e. The molecule has 1 aliphatic heterocycles. The van der Waals surface area contributed by atoms with Crippen LogP contribution >= 0.6 is 0 Å². The van der Waals surface area contributed by atoms with E-state index in [2.05, 4.69) is 59.6 Å². The molecule has 0 radical (unpaired) electrons. The number of Topliss-reactive ketones (excluding diaryl/α,β-unsaturated/α-hetero) is 1. The van der Waals surface area contributed by atoms with Crippen molar-refractivity contribution in [3.8, 4) is 0 Å². The van der Waals surface area contributed by atoms with Gasteiger partial charge >= 0.3 is 0 Å². The molecule has 1 aliphatic carbocycles. The summed E-state index contributed by atoms with van der Waals surface area (Å²) in [6.45, 7) is 0. The Morgan fingerprint density at radius 1 is 0.875 bits per heavy atom. The van der Waals surface area contributed by atoms with Crippen LogP contribution in [0.4, 0.5) is 0 Å². The summed E-state index contributed by atoms with van der Waals surface area (Å²) in [6.07, 6.45) is 7.96. The molecule has 0 spiro atoms. The normalized spacial score (nSPS) is 20.2. The molecule has 1 aromatic heterocycles. The maximum atomic E-state index is 13.4. The van der Waals surface area contributed by atoms with Gasteiger partial charge in [0.15, 0.2) is 5.78 Å². The first-order valence-electron chi connectivity index (χ1n) is 11.7. The number of allylic oxidation sites excluding steroid dienone is 1. The second-order valence-electron chi connectivity index (χ2n) is 9.08. The van der Waals surface area contributed by atoms with Crippen molar-refractivity contribution >= 4 is 5.78 Å². The summed E-state index contributed by atoms with van der Waals surface area (Å²) in [5.74, 6) is 1.14. The van der Waals surface area contributed by atoms with Crippen molar-refractivity contribution in [3.63, 3.8) is 0 Å². The summed E-state index contributed by atoms with van der Waals surface area (Å²) in [6, 6.07) is 26.9. The number of carbonyl (C=O) groups is 1. The van der Waals surface area contributed by atoms with E-state index in [-0.39, 0.29) is 23.7 Å². The van der Waals surface area contributed by atoms with Crippen LogP contribution in [0, 0.1) is 11.8 Å². The quantitative estimate of drug-likeness (QED) is 0.451. The minimum absolute atomic E-state index is 0.135. The number of ether oxygens (including phenoxy) is 1. The fourth-order valence-electron chi connectivity index (χ4n) is 4.93. The Balaban J connectivity index is 1.38. The molecule has 2 aromatic carbocycles. The van der Waals surface area contributed by atoms with Gasteiger partial charge in [-0.2, -0.15) is 0 Å². The second kappa shape index (κ2) is 9.52. The van der Waals surface area contributed by atoms with Gasteiger partial charge in [-0.25, -0.2) is 0 Å². The van der Waals surface area contributed by atoms with E-state index in [4.69, 9.17) is 4.74 Å². The molecule has 1 fully saturated rings. The van der Waals surface area contributed by atoms with E-state index in [1.165, 1.54) is 24.0 Å². The Morgan fingerprint density at radius 2 is 1.59 bits per heavy atom. The summed E-state index contributed by atoms with van der Waals surface area (Å²) in [5.41, 5.74) is 4.39. The van der Waals surface area contributed by atoms with Crippen LogP contribution in [-0.2, 0) is 22.4 Å². The smallest absolute Gasteiger partial charge is 0.166 e. The van der Waals surface area contributed by atoms with Gasteiger partial charge in [-0.15, -0.1) is 0 Å². The molecule has 3 atom stereocenters. The Hall–Kier alpha value is -3.20. The lowest BCUT2D eigenvalue weighted by atomic mass is 9.80. The molecule has 3 heteroatoms. The topological polar surface area (TPSA) is 39.2 Å². The van der Waals surface area contributed by atoms with E-state index >= 15 is 0 Å². The Morgan fingerprint density at radius 3 is 2.25 bits per heavy atom. The van der Waals surface area contributed by atoms with Gasteiger partial charge < -0.3 is 4.74 Å². The van der Waals surface area contributed by atoms with E-state index < -0.39 is 0 Å². The average Bonchev–Trinajstić information content (AvgIpc) is 3.67. The van der Waals surface area contributed by atoms with Gasteiger partial charge in [0.1, 0.15) is 6.10 Å². The molecule has 0 saturated heterocycles. The summed E-state index contributed by atoms with van der Waals surface area (Å²) < 4.78 is 6.34. The maximum absolute atomic E-state index is 13.4. The number of benzene rings is 2. The van der Waals surface area contributed by atoms with Crippen LogP contribution in [-0.4, -0.2) is 16.9 Å². The molecule has 3 unspecified atom stereocenters. The summed E-state index contributed by atoms with van der Waals surface area (Å²) in [7, 11) is 0. The molecular weight excluding hydrogens is 394 g/mol. The van der Waals surface area contributed by atoms with Gasteiger partial charge in [-0.3, -0.25) is 9.78 Å². The van der Waals surface area contributed by atoms with Crippen molar-refractivity contribution in [1.29, 1.82) is 0 Å². The van der Waals surface area contributed by atoms with Crippen molar-refractivity contribution in [1.82, 2.24) is 4.98 Å². The van der Waals surface area contributed by atoms with Gasteiger partial charge in [0, 0.05) is 35.7 Å². The van der Waals surface area contributed by atoms with Crippen molar-refractivity contribution < 1.29 is 9.53 Å². The number of hydrogen-bond donors (Lipinski definition) is 0. The molecule has 0 amide bonds. The van der Waals surface area contributed by atoms with Crippen LogP contribution in [0.25, 0.3) is 0 Å². The SMILES string of the molecule is O=C1CC(C(Cc2ccccc2)Cc2ccccn2)OC=C1C(c1ccccc1)C1CC1. The number of aromatic nitrogens is 1. The first-order chi connectivity index (χ1) is 15.8. The van der Waals surface area contributed by atoms with Crippen molar-refractivity contribution in [2.45, 2.75) is 44.1 Å². The van der Waals surface area contributed by atoms with Gasteiger partial charge in [0.2, 0.25) is 0 Å². The Labute approximate surface area is 190 Å². The van der Waals surface area contributed by atoms with Crippen molar-refractivity contribution in [2.24, 2.45) is 11.8 Å². The number of rotatable bonds is 8. The van der Waals surface area contributed by atoms with Gasteiger partial charge in [0.25, 0.3) is 0 Å². The van der Waals surface area contributed by atoms with Gasteiger partial charge in [-0.1, -0.05) is 66.7 Å². The molecule has 3 aromatic rings. The highest BCUT2D eigenvalue weighted by Gasteiger charge is 2.40. The molecule has 0 N–H and O–H groups in total. The molecule has 5 rings (SSSR count). The van der Waals surface area contributed by atoms with E-state index in [9.17, 15) is 4.79 Å². The Kier molecular flexibility index (Phi) is 6.15. The average molecular weight is 424 g/mol. The number of hydrogen-bond acceptors (Lipinski definition) is 3. The number of carbonyl (C=O) groups excluding carboxylic acids is 1. The molecule has 162 valence electrons. The van der Waals surface area contributed by atoms with E-state index in [0.717, 1.165) is 24.1 Å². The Bertz CT molecular complexity index is 1020. The first-order valence-corrected chi connectivity index (χ1v) is 11.7. The zero-order valence-corrected chi connectivity index (χ0v) is 18.3. The largest absolute Gasteiger partial charge is 0.497 e. The van der Waals surface area contributed by atoms with Crippen LogP contribution in [0.1, 0.15) is 42.0 Å². The highest BCUT2D eigenvalue weighted by Crippen LogP contribution is 2.48. The van der Waals surface area contributed by atoms with Crippen LogP contribution in [0.5, 0.6) is 0 Å². The molecule has 2 aliphatic rings. The summed E-state index contributed by atoms with van der Waals surface area (Å²) >= 11 is 0. The predicted molar refractivity (Wildman–Crippen MR) is 126 cm³/mol. The predicted octanol–water partition coefficient (Wildman–Crippen LogP) is 5.92. The van der Waals surface area contributed by atoms with E-state index in [0.29, 0.717) is 12.3 Å². The fourth-order valence-corrected chi connectivity index (χ4v) is 4.93. The summed E-state index contributed by atoms with van der Waals surface area (Å²) in [4.78, 5) is 17.9. The third-order valence-corrected chi connectivity index (χ3v) is 6.73. The lowest BCUT2D eigenvalue weighted by Crippen LogP contribution is -2.34. The fraction of sp³-hybridized carbons (Fsp3) is 0.310. The molecular formula is C29H29NO2. The van der Waals surface area contributed by atoms with E-state index in [1.54, 1.807) is 6.26 Å². The zero-order valence-electron chi connectivity index (χ0n) is 18.3. The highest BCUT2D eigenvalue weighted by atomic mass is 16.5. The molecule has 1 saturated carbocycles. The molecule has 2 heterocycles. The van der Waals surface area contributed by atoms with Crippen LogP contribution < -0.4 is 0 Å². The highest BCUT2D eigenvalue weighted by molar-refractivity contribution is 5.97. The minimum atomic E-state index is -0.135. The third-order valence-electron chi connectivity index (χ3n) is 6.73. The van der Waals surface area contributed by atoms with Gasteiger partial charge in [-0.05, 0) is 54.9 Å². The molecule has 32 heavy (non-hydrogen) atoms. The van der Waals surface area contributed by atoms with Crippen molar-refractivity contribution in [2.75, 3.05) is 0 Å². The summed E-state index contributed by atoms with van der Waals surface area (Å²) in [5, 5.41) is 0. The standard InChI is InChI=1S/C29H29NO2/c31-27-19-28(32-20-26(27)29(23-14-15-23)22-11-5-2-6-12-22)24(17-21-9-3-1-4-10-21)18-25-13-7-8-16-30-25/h1-13,16,20,23-24,28-29H,14-15,17-19H2. The molecule has 0 bridgehead atoms. The second-order valence-corrected chi connectivity index (χ2v) is 9.08. The zero-order chi connectivity index (χ0) is 21.8. The van der Waals surface area contributed by atoms with Crippen LogP contribution in [0.2, 0.25) is 0 Å². The van der Waals surface area contributed by atoms with Crippen LogP contribution in [0.15, 0.2) is 96.9 Å². The maximum Gasteiger partial charge on any atom is 0.166 e. The van der Waals surface area contributed by atoms with Gasteiger partial charge in [0.05, 0.1) is 6.26 Å². The number of ketones is 1. The monoisotopic (exact) mass is 423 g/mol. The van der Waals surface area contributed by atoms with Crippen molar-refractivity contribution in [3.05, 3.63) is 114 Å². The number of pyridine rings is 1.